The molecule has 1 aromatic rings. The lowest BCUT2D eigenvalue weighted by atomic mass is 9.94. The summed E-state index contributed by atoms with van der Waals surface area (Å²) < 4.78 is 5.16. The normalized spacial score (nSPS) is 16.8. The maximum Gasteiger partial charge on any atom is 0.213 e. The van der Waals surface area contributed by atoms with Gasteiger partial charge in [0.05, 0.1) is 19.4 Å². The molecule has 0 bridgehead atoms. The van der Waals surface area contributed by atoms with Crippen molar-refractivity contribution in [3.05, 3.63) is 23.9 Å². The fourth-order valence-corrected chi connectivity index (χ4v) is 2.83. The van der Waals surface area contributed by atoms with Gasteiger partial charge in [-0.3, -0.25) is 4.90 Å². The molecule has 1 fully saturated rings. The highest BCUT2D eigenvalue weighted by atomic mass is 16.5. The number of ether oxygens (including phenoxy) is 1. The molecule has 1 heterocycles. The van der Waals surface area contributed by atoms with Crippen LogP contribution < -0.4 is 4.74 Å². The van der Waals surface area contributed by atoms with E-state index in [0.717, 1.165) is 18.8 Å². The van der Waals surface area contributed by atoms with Crippen molar-refractivity contribution in [2.24, 2.45) is 0 Å². The van der Waals surface area contributed by atoms with Crippen molar-refractivity contribution in [1.29, 1.82) is 0 Å². The molecule has 1 saturated carbocycles. The summed E-state index contributed by atoms with van der Waals surface area (Å²) in [5.41, 5.74) is 1.01. The van der Waals surface area contributed by atoms with Gasteiger partial charge in [-0.05, 0) is 18.9 Å². The standard InChI is InChI=1S/C15H24N2O2/c1-19-15-9-5-6-13(16-15)12-17(10-11-18)14-7-3-2-4-8-14/h5-6,9,14,18H,2-4,7-8,10-12H2,1H3. The molecule has 0 aromatic carbocycles. The molecule has 0 amide bonds. The zero-order valence-corrected chi connectivity index (χ0v) is 11.7. The lowest BCUT2D eigenvalue weighted by Gasteiger charge is -2.33. The Morgan fingerprint density at radius 3 is 2.79 bits per heavy atom. The molecule has 1 aliphatic rings. The second kappa shape index (κ2) is 7.46. The second-order valence-electron chi connectivity index (χ2n) is 5.16. The van der Waals surface area contributed by atoms with Gasteiger partial charge in [-0.2, -0.15) is 0 Å². The van der Waals surface area contributed by atoms with Crippen LogP contribution in [0.25, 0.3) is 0 Å². The second-order valence-corrected chi connectivity index (χ2v) is 5.16. The Hall–Kier alpha value is -1.13. The lowest BCUT2D eigenvalue weighted by Crippen LogP contribution is -2.38. The summed E-state index contributed by atoms with van der Waals surface area (Å²) in [6.07, 6.45) is 6.44. The van der Waals surface area contributed by atoms with Crippen molar-refractivity contribution in [2.45, 2.75) is 44.7 Å². The van der Waals surface area contributed by atoms with Gasteiger partial charge in [-0.25, -0.2) is 4.98 Å². The van der Waals surface area contributed by atoms with Gasteiger partial charge >= 0.3 is 0 Å². The first-order valence-electron chi connectivity index (χ1n) is 7.18. The quantitative estimate of drug-likeness (QED) is 0.855. The maximum absolute atomic E-state index is 9.26. The van der Waals surface area contributed by atoms with Gasteiger partial charge in [0.1, 0.15) is 0 Å². The molecule has 19 heavy (non-hydrogen) atoms. The summed E-state index contributed by atoms with van der Waals surface area (Å²) in [5, 5.41) is 9.26. The molecule has 0 unspecified atom stereocenters. The van der Waals surface area contributed by atoms with Crippen LogP contribution in [0.4, 0.5) is 0 Å². The molecular weight excluding hydrogens is 240 g/mol. The number of aliphatic hydroxyl groups excluding tert-OH is 1. The number of aliphatic hydroxyl groups is 1. The summed E-state index contributed by atoms with van der Waals surface area (Å²) >= 11 is 0. The van der Waals surface area contributed by atoms with Gasteiger partial charge < -0.3 is 9.84 Å². The molecule has 2 rings (SSSR count). The topological polar surface area (TPSA) is 45.6 Å². The third kappa shape index (κ3) is 4.18. The summed E-state index contributed by atoms with van der Waals surface area (Å²) in [5.74, 6) is 0.657. The van der Waals surface area contributed by atoms with Gasteiger partial charge in [0.2, 0.25) is 5.88 Å². The van der Waals surface area contributed by atoms with E-state index in [2.05, 4.69) is 9.88 Å². The van der Waals surface area contributed by atoms with Crippen molar-refractivity contribution in [1.82, 2.24) is 9.88 Å². The predicted octanol–water partition coefficient (Wildman–Crippen LogP) is 2.22. The number of aromatic nitrogens is 1. The van der Waals surface area contributed by atoms with E-state index in [-0.39, 0.29) is 6.61 Å². The monoisotopic (exact) mass is 264 g/mol. The number of pyridine rings is 1. The summed E-state index contributed by atoms with van der Waals surface area (Å²) in [7, 11) is 1.64. The molecule has 0 atom stereocenters. The maximum atomic E-state index is 9.26. The Morgan fingerprint density at radius 2 is 2.11 bits per heavy atom. The Balaban J connectivity index is 2.01. The fraction of sp³-hybridized carbons (Fsp3) is 0.667. The first-order valence-corrected chi connectivity index (χ1v) is 7.18. The average Bonchev–Trinajstić information content (AvgIpc) is 2.48. The molecule has 1 aliphatic carbocycles. The van der Waals surface area contributed by atoms with Crippen LogP contribution in [0.1, 0.15) is 37.8 Å². The van der Waals surface area contributed by atoms with Crippen molar-refractivity contribution >= 4 is 0 Å². The number of hydrogen-bond acceptors (Lipinski definition) is 4. The van der Waals surface area contributed by atoms with Gasteiger partial charge in [0, 0.05) is 25.2 Å². The van der Waals surface area contributed by atoms with Crippen LogP contribution in [0.2, 0.25) is 0 Å². The van der Waals surface area contributed by atoms with Gasteiger partial charge in [0.15, 0.2) is 0 Å². The lowest BCUT2D eigenvalue weighted by molar-refractivity contribution is 0.116. The summed E-state index contributed by atoms with van der Waals surface area (Å²) in [6.45, 7) is 1.73. The highest BCUT2D eigenvalue weighted by Crippen LogP contribution is 2.23. The number of nitrogens with zero attached hydrogens (tertiary/aromatic N) is 2. The average molecular weight is 264 g/mol. The Kier molecular flexibility index (Phi) is 5.61. The van der Waals surface area contributed by atoms with Crippen LogP contribution >= 0.6 is 0 Å². The number of hydrogen-bond donors (Lipinski definition) is 1. The van der Waals surface area contributed by atoms with Gasteiger partial charge in [-0.1, -0.05) is 25.3 Å². The fourth-order valence-electron chi connectivity index (χ4n) is 2.83. The summed E-state index contributed by atoms with van der Waals surface area (Å²) in [6, 6.07) is 6.45. The first-order chi connectivity index (χ1) is 9.33. The van der Waals surface area contributed by atoms with Crippen molar-refractivity contribution in [3.8, 4) is 5.88 Å². The Morgan fingerprint density at radius 1 is 1.32 bits per heavy atom. The smallest absolute Gasteiger partial charge is 0.213 e. The molecule has 0 saturated heterocycles. The minimum Gasteiger partial charge on any atom is -0.481 e. The zero-order valence-electron chi connectivity index (χ0n) is 11.7. The van der Waals surface area contributed by atoms with E-state index in [0.29, 0.717) is 11.9 Å². The molecule has 106 valence electrons. The van der Waals surface area contributed by atoms with E-state index < -0.39 is 0 Å². The van der Waals surface area contributed by atoms with Crippen molar-refractivity contribution in [2.75, 3.05) is 20.3 Å². The summed E-state index contributed by atoms with van der Waals surface area (Å²) in [4.78, 5) is 6.82. The van der Waals surface area contributed by atoms with Crippen LogP contribution in [0.3, 0.4) is 0 Å². The van der Waals surface area contributed by atoms with Gasteiger partial charge in [-0.15, -0.1) is 0 Å². The van der Waals surface area contributed by atoms with Crippen molar-refractivity contribution in [3.63, 3.8) is 0 Å². The van der Waals surface area contributed by atoms with Crippen LogP contribution in [0.5, 0.6) is 5.88 Å². The Bertz CT molecular complexity index is 378. The van der Waals surface area contributed by atoms with E-state index in [1.807, 2.05) is 18.2 Å². The van der Waals surface area contributed by atoms with E-state index >= 15 is 0 Å². The van der Waals surface area contributed by atoms with Crippen molar-refractivity contribution < 1.29 is 9.84 Å². The molecule has 0 radical (unpaired) electrons. The van der Waals surface area contributed by atoms with E-state index in [9.17, 15) is 5.11 Å². The third-order valence-corrected chi connectivity index (χ3v) is 3.83. The minimum atomic E-state index is 0.209. The van der Waals surface area contributed by atoms with Crippen LogP contribution in [-0.2, 0) is 6.54 Å². The molecular formula is C15H24N2O2. The third-order valence-electron chi connectivity index (χ3n) is 3.83. The Labute approximate surface area is 115 Å². The minimum absolute atomic E-state index is 0.209. The molecule has 0 spiro atoms. The van der Waals surface area contributed by atoms with Crippen LogP contribution in [-0.4, -0.2) is 41.3 Å². The highest BCUT2D eigenvalue weighted by molar-refractivity contribution is 5.15. The van der Waals surface area contributed by atoms with Gasteiger partial charge in [0.25, 0.3) is 0 Å². The van der Waals surface area contributed by atoms with Crippen LogP contribution in [0.15, 0.2) is 18.2 Å². The van der Waals surface area contributed by atoms with E-state index in [1.54, 1.807) is 7.11 Å². The number of methoxy groups -OCH3 is 1. The van der Waals surface area contributed by atoms with Crippen LogP contribution in [0, 0.1) is 0 Å². The first kappa shape index (κ1) is 14.3. The molecule has 0 aliphatic heterocycles. The predicted molar refractivity (Wildman–Crippen MR) is 75.2 cm³/mol. The zero-order chi connectivity index (χ0) is 13.5. The van der Waals surface area contributed by atoms with E-state index in [4.69, 9.17) is 4.74 Å². The molecule has 1 N–H and O–H groups in total. The largest absolute Gasteiger partial charge is 0.481 e. The SMILES string of the molecule is COc1cccc(CN(CCO)C2CCCCC2)n1. The molecule has 4 heteroatoms. The van der Waals surface area contributed by atoms with E-state index in [1.165, 1.54) is 32.1 Å². The molecule has 1 aromatic heterocycles. The highest BCUT2D eigenvalue weighted by Gasteiger charge is 2.21. The molecule has 4 nitrogen and oxygen atoms in total. The number of rotatable bonds is 6.